The van der Waals surface area contributed by atoms with Crippen molar-refractivity contribution in [2.75, 3.05) is 26.7 Å². The average molecular weight is 262 g/mol. The molecular formula is C17H30N2. The largest absolute Gasteiger partial charge is 0.317 e. The molecule has 1 atom stereocenters. The molecule has 1 aromatic carbocycles. The molecule has 0 aliphatic carbocycles. The smallest absolute Gasteiger partial charge is 0.0230 e. The van der Waals surface area contributed by atoms with Crippen molar-refractivity contribution >= 4 is 0 Å². The lowest BCUT2D eigenvalue weighted by Crippen LogP contribution is -2.23. The molecule has 1 rings (SSSR count). The SMILES string of the molecule is CCNCCc1ccc(CN(C)CC(C)CC)cc1. The lowest BCUT2D eigenvalue weighted by atomic mass is 10.1. The number of hydrogen-bond acceptors (Lipinski definition) is 2. The summed E-state index contributed by atoms with van der Waals surface area (Å²) < 4.78 is 0. The molecular weight excluding hydrogens is 232 g/mol. The highest BCUT2D eigenvalue weighted by Crippen LogP contribution is 2.09. The molecule has 0 amide bonds. The Bertz CT molecular complexity index is 332. The Morgan fingerprint density at radius 1 is 1.11 bits per heavy atom. The molecule has 1 unspecified atom stereocenters. The molecule has 0 saturated carbocycles. The molecule has 0 radical (unpaired) electrons. The first-order chi connectivity index (χ1) is 9.15. The summed E-state index contributed by atoms with van der Waals surface area (Å²) in [7, 11) is 2.21. The zero-order valence-corrected chi connectivity index (χ0v) is 13.1. The lowest BCUT2D eigenvalue weighted by Gasteiger charge is -2.20. The summed E-state index contributed by atoms with van der Waals surface area (Å²) in [5, 5.41) is 3.36. The van der Waals surface area contributed by atoms with Gasteiger partial charge in [0.2, 0.25) is 0 Å². The van der Waals surface area contributed by atoms with Crippen molar-refractivity contribution in [3.63, 3.8) is 0 Å². The number of benzene rings is 1. The van der Waals surface area contributed by atoms with E-state index in [1.165, 1.54) is 24.1 Å². The molecule has 0 spiro atoms. The summed E-state index contributed by atoms with van der Waals surface area (Å²) in [6.45, 7) is 11.1. The van der Waals surface area contributed by atoms with E-state index in [4.69, 9.17) is 0 Å². The minimum Gasteiger partial charge on any atom is -0.317 e. The third-order valence-corrected chi connectivity index (χ3v) is 3.64. The Morgan fingerprint density at radius 2 is 1.74 bits per heavy atom. The number of likely N-dealkylation sites (N-methyl/N-ethyl adjacent to an activating group) is 1. The summed E-state index contributed by atoms with van der Waals surface area (Å²) >= 11 is 0. The Kier molecular flexibility index (Phi) is 7.76. The molecule has 0 aliphatic heterocycles. The fraction of sp³-hybridized carbons (Fsp3) is 0.647. The summed E-state index contributed by atoms with van der Waals surface area (Å²) in [5.41, 5.74) is 2.84. The minimum absolute atomic E-state index is 0.782. The van der Waals surface area contributed by atoms with Crippen LogP contribution in [-0.2, 0) is 13.0 Å². The highest BCUT2D eigenvalue weighted by molar-refractivity contribution is 5.22. The third kappa shape index (κ3) is 6.74. The van der Waals surface area contributed by atoms with Gasteiger partial charge in [-0.25, -0.2) is 0 Å². The summed E-state index contributed by atoms with van der Waals surface area (Å²) in [5.74, 6) is 0.782. The van der Waals surface area contributed by atoms with Gasteiger partial charge >= 0.3 is 0 Å². The van der Waals surface area contributed by atoms with Crippen LogP contribution < -0.4 is 5.32 Å². The van der Waals surface area contributed by atoms with Crippen LogP contribution >= 0.6 is 0 Å². The summed E-state index contributed by atoms with van der Waals surface area (Å²) in [6.07, 6.45) is 2.38. The van der Waals surface area contributed by atoms with Crippen molar-refractivity contribution in [3.05, 3.63) is 35.4 Å². The van der Waals surface area contributed by atoms with Gasteiger partial charge in [-0.2, -0.15) is 0 Å². The van der Waals surface area contributed by atoms with Crippen LogP contribution in [0.25, 0.3) is 0 Å². The van der Waals surface area contributed by atoms with E-state index in [9.17, 15) is 0 Å². The third-order valence-electron chi connectivity index (χ3n) is 3.64. The van der Waals surface area contributed by atoms with Gasteiger partial charge in [-0.05, 0) is 43.6 Å². The second kappa shape index (κ2) is 9.11. The van der Waals surface area contributed by atoms with Crippen LogP contribution in [0.4, 0.5) is 0 Å². The Hall–Kier alpha value is -0.860. The maximum Gasteiger partial charge on any atom is 0.0230 e. The van der Waals surface area contributed by atoms with E-state index in [-0.39, 0.29) is 0 Å². The first-order valence-corrected chi connectivity index (χ1v) is 7.62. The molecule has 108 valence electrons. The van der Waals surface area contributed by atoms with Crippen molar-refractivity contribution in [2.24, 2.45) is 5.92 Å². The molecule has 0 fully saturated rings. The lowest BCUT2D eigenvalue weighted by molar-refractivity contribution is 0.275. The Balaban J connectivity index is 2.38. The zero-order chi connectivity index (χ0) is 14.1. The normalized spacial score (nSPS) is 12.9. The van der Waals surface area contributed by atoms with Gasteiger partial charge in [0, 0.05) is 13.1 Å². The van der Waals surface area contributed by atoms with Gasteiger partial charge in [0.25, 0.3) is 0 Å². The second-order valence-electron chi connectivity index (χ2n) is 5.63. The second-order valence-corrected chi connectivity index (χ2v) is 5.63. The van der Waals surface area contributed by atoms with Gasteiger partial charge in [0.05, 0.1) is 0 Å². The van der Waals surface area contributed by atoms with E-state index >= 15 is 0 Å². The van der Waals surface area contributed by atoms with E-state index in [1.807, 2.05) is 0 Å². The van der Waals surface area contributed by atoms with Gasteiger partial charge in [-0.15, -0.1) is 0 Å². The van der Waals surface area contributed by atoms with Gasteiger partial charge in [0.15, 0.2) is 0 Å². The molecule has 1 aromatic rings. The molecule has 2 nitrogen and oxygen atoms in total. The van der Waals surface area contributed by atoms with Crippen LogP contribution in [0, 0.1) is 5.92 Å². The highest BCUT2D eigenvalue weighted by Gasteiger charge is 2.05. The maximum atomic E-state index is 3.36. The molecule has 0 aromatic heterocycles. The van der Waals surface area contributed by atoms with Crippen LogP contribution in [0.2, 0.25) is 0 Å². The Morgan fingerprint density at radius 3 is 2.32 bits per heavy atom. The monoisotopic (exact) mass is 262 g/mol. The predicted octanol–water partition coefficient (Wildman–Crippen LogP) is 3.32. The molecule has 0 saturated heterocycles. The van der Waals surface area contributed by atoms with E-state index in [0.717, 1.165) is 32.0 Å². The fourth-order valence-electron chi connectivity index (χ4n) is 2.26. The number of rotatable bonds is 9. The minimum atomic E-state index is 0.782. The van der Waals surface area contributed by atoms with Crippen molar-refractivity contribution in [1.82, 2.24) is 10.2 Å². The van der Waals surface area contributed by atoms with E-state index in [2.05, 4.69) is 62.3 Å². The number of hydrogen-bond donors (Lipinski definition) is 1. The molecule has 2 heteroatoms. The highest BCUT2D eigenvalue weighted by atomic mass is 15.1. The van der Waals surface area contributed by atoms with Gasteiger partial charge in [-0.1, -0.05) is 51.5 Å². The van der Waals surface area contributed by atoms with Crippen LogP contribution in [0.5, 0.6) is 0 Å². The summed E-state index contributed by atoms with van der Waals surface area (Å²) in [4.78, 5) is 2.42. The van der Waals surface area contributed by atoms with Crippen LogP contribution in [0.15, 0.2) is 24.3 Å². The van der Waals surface area contributed by atoms with E-state index in [0.29, 0.717) is 0 Å². The van der Waals surface area contributed by atoms with E-state index < -0.39 is 0 Å². The van der Waals surface area contributed by atoms with Crippen molar-refractivity contribution in [1.29, 1.82) is 0 Å². The molecule has 19 heavy (non-hydrogen) atoms. The number of nitrogens with zero attached hydrogens (tertiary/aromatic N) is 1. The van der Waals surface area contributed by atoms with Crippen molar-refractivity contribution in [2.45, 2.75) is 40.2 Å². The molecule has 0 heterocycles. The topological polar surface area (TPSA) is 15.3 Å². The van der Waals surface area contributed by atoms with Crippen molar-refractivity contribution < 1.29 is 0 Å². The van der Waals surface area contributed by atoms with Crippen LogP contribution in [-0.4, -0.2) is 31.6 Å². The van der Waals surface area contributed by atoms with Gasteiger partial charge in [0.1, 0.15) is 0 Å². The summed E-state index contributed by atoms with van der Waals surface area (Å²) in [6, 6.07) is 9.08. The predicted molar refractivity (Wildman–Crippen MR) is 84.5 cm³/mol. The average Bonchev–Trinajstić information content (AvgIpc) is 2.40. The molecule has 0 aliphatic rings. The number of nitrogens with one attached hydrogen (secondary N) is 1. The molecule has 1 N–H and O–H groups in total. The van der Waals surface area contributed by atoms with Crippen molar-refractivity contribution in [3.8, 4) is 0 Å². The van der Waals surface area contributed by atoms with Crippen LogP contribution in [0.1, 0.15) is 38.3 Å². The Labute approximate surface area is 119 Å². The zero-order valence-electron chi connectivity index (χ0n) is 13.1. The van der Waals surface area contributed by atoms with Gasteiger partial charge < -0.3 is 10.2 Å². The fourth-order valence-corrected chi connectivity index (χ4v) is 2.26. The molecule has 0 bridgehead atoms. The standard InChI is InChI=1S/C17H30N2/c1-5-15(3)13-19(4)14-17-9-7-16(8-10-17)11-12-18-6-2/h7-10,15,18H,5-6,11-14H2,1-4H3. The van der Waals surface area contributed by atoms with Gasteiger partial charge in [-0.3, -0.25) is 0 Å². The maximum absolute atomic E-state index is 3.36. The first kappa shape index (κ1) is 16.2. The quantitative estimate of drug-likeness (QED) is 0.687. The van der Waals surface area contributed by atoms with E-state index in [1.54, 1.807) is 0 Å². The first-order valence-electron chi connectivity index (χ1n) is 7.62. The van der Waals surface area contributed by atoms with Crippen LogP contribution in [0.3, 0.4) is 0 Å².